The van der Waals surface area contributed by atoms with Crippen LogP contribution in [0.1, 0.15) is 11.4 Å². The summed E-state index contributed by atoms with van der Waals surface area (Å²) in [6, 6.07) is 4.26. The molecule has 2 rings (SSSR count). The van der Waals surface area contributed by atoms with Crippen molar-refractivity contribution in [3.8, 4) is 5.69 Å². The zero-order chi connectivity index (χ0) is 15.9. The molecular weight excluding hydrogens is 351 g/mol. The van der Waals surface area contributed by atoms with Gasteiger partial charge < -0.3 is 0 Å². The van der Waals surface area contributed by atoms with Gasteiger partial charge in [-0.15, -0.1) is 0 Å². The molecule has 2 aromatic rings. The fraction of sp³-hybridized carbons (Fsp3) is 0.167. The summed E-state index contributed by atoms with van der Waals surface area (Å²) in [5.74, 6) is -0.0397. The molecule has 0 saturated heterocycles. The number of halogens is 6. The zero-order valence-corrected chi connectivity index (χ0v) is 12.6. The van der Waals surface area contributed by atoms with Gasteiger partial charge in [-0.25, -0.2) is 4.98 Å². The third kappa shape index (κ3) is 2.88. The second kappa shape index (κ2) is 5.51. The number of rotatable bonds is 1. The average Bonchev–Trinajstić information content (AvgIpc) is 2.31. The van der Waals surface area contributed by atoms with Crippen molar-refractivity contribution >= 4 is 34.8 Å². The fourth-order valence-corrected chi connectivity index (χ4v) is 2.47. The average molecular weight is 358 g/mol. The van der Waals surface area contributed by atoms with Gasteiger partial charge in [-0.1, -0.05) is 40.9 Å². The van der Waals surface area contributed by atoms with Gasteiger partial charge in [0.05, 0.1) is 15.7 Å². The number of aryl methyl sites for hydroxylation is 1. The number of aromatic nitrogens is 2. The molecule has 1 aromatic carbocycles. The van der Waals surface area contributed by atoms with E-state index in [1.807, 2.05) is 0 Å². The molecule has 112 valence electrons. The van der Waals surface area contributed by atoms with Crippen molar-refractivity contribution in [1.29, 1.82) is 0 Å². The van der Waals surface area contributed by atoms with Crippen LogP contribution >= 0.6 is 34.8 Å². The van der Waals surface area contributed by atoms with Crippen LogP contribution in [0.5, 0.6) is 0 Å². The summed E-state index contributed by atoms with van der Waals surface area (Å²) in [6.45, 7) is 1.34. The lowest BCUT2D eigenvalue weighted by atomic mass is 10.2. The topological polar surface area (TPSA) is 34.9 Å². The van der Waals surface area contributed by atoms with Crippen molar-refractivity contribution in [2.75, 3.05) is 0 Å². The third-order valence-corrected chi connectivity index (χ3v) is 3.74. The number of alkyl halides is 3. The molecule has 1 aromatic heterocycles. The first-order valence-electron chi connectivity index (χ1n) is 5.45. The summed E-state index contributed by atoms with van der Waals surface area (Å²) in [4.78, 5) is 15.7. The SMILES string of the molecule is Cc1nc(Cl)c(C(F)(F)F)c(=O)n1-c1cccc(Cl)c1Cl. The minimum atomic E-state index is -4.93. The van der Waals surface area contributed by atoms with Gasteiger partial charge >= 0.3 is 6.18 Å². The number of hydrogen-bond acceptors (Lipinski definition) is 2. The van der Waals surface area contributed by atoms with Crippen LogP contribution in [0.25, 0.3) is 5.69 Å². The van der Waals surface area contributed by atoms with E-state index in [-0.39, 0.29) is 21.6 Å². The van der Waals surface area contributed by atoms with Crippen LogP contribution in [0.3, 0.4) is 0 Å². The van der Waals surface area contributed by atoms with E-state index in [0.717, 1.165) is 4.57 Å². The Morgan fingerprint density at radius 3 is 2.38 bits per heavy atom. The second-order valence-corrected chi connectivity index (χ2v) is 5.18. The van der Waals surface area contributed by atoms with Gasteiger partial charge in [0.15, 0.2) is 5.56 Å². The fourth-order valence-electron chi connectivity index (χ4n) is 1.78. The normalized spacial score (nSPS) is 11.8. The van der Waals surface area contributed by atoms with Gasteiger partial charge in [-0.2, -0.15) is 13.2 Å². The molecule has 0 spiro atoms. The second-order valence-electron chi connectivity index (χ2n) is 4.04. The first-order chi connectivity index (χ1) is 9.64. The van der Waals surface area contributed by atoms with Gasteiger partial charge in [0.25, 0.3) is 5.56 Å². The highest BCUT2D eigenvalue weighted by Crippen LogP contribution is 2.33. The predicted molar refractivity (Wildman–Crippen MR) is 74.6 cm³/mol. The Kier molecular flexibility index (Phi) is 4.24. The molecule has 0 radical (unpaired) electrons. The van der Waals surface area contributed by atoms with Gasteiger partial charge in [-0.3, -0.25) is 9.36 Å². The maximum Gasteiger partial charge on any atom is 0.424 e. The van der Waals surface area contributed by atoms with Gasteiger partial charge in [0.1, 0.15) is 11.0 Å². The number of hydrogen-bond donors (Lipinski definition) is 0. The number of benzene rings is 1. The summed E-state index contributed by atoms with van der Waals surface area (Å²) in [5.41, 5.74) is -2.91. The van der Waals surface area contributed by atoms with E-state index in [2.05, 4.69) is 4.98 Å². The molecule has 21 heavy (non-hydrogen) atoms. The van der Waals surface area contributed by atoms with Crippen LogP contribution in [0.2, 0.25) is 15.2 Å². The van der Waals surface area contributed by atoms with E-state index >= 15 is 0 Å². The van der Waals surface area contributed by atoms with Crippen LogP contribution in [-0.4, -0.2) is 9.55 Å². The summed E-state index contributed by atoms with van der Waals surface area (Å²) < 4.78 is 39.5. The molecule has 0 aliphatic rings. The lowest BCUT2D eigenvalue weighted by Crippen LogP contribution is -2.31. The Labute approximate surface area is 131 Å². The molecular formula is C12H6Cl3F3N2O. The maximum absolute atomic E-state index is 12.9. The Hall–Kier alpha value is -1.24. The Bertz CT molecular complexity index is 772. The Morgan fingerprint density at radius 2 is 1.81 bits per heavy atom. The van der Waals surface area contributed by atoms with Gasteiger partial charge in [0, 0.05) is 0 Å². The van der Waals surface area contributed by atoms with E-state index in [4.69, 9.17) is 34.8 Å². The van der Waals surface area contributed by atoms with Crippen molar-refractivity contribution in [2.24, 2.45) is 0 Å². The van der Waals surface area contributed by atoms with Crippen molar-refractivity contribution < 1.29 is 13.2 Å². The molecule has 0 bridgehead atoms. The molecule has 3 nitrogen and oxygen atoms in total. The van der Waals surface area contributed by atoms with E-state index in [1.54, 1.807) is 0 Å². The summed E-state index contributed by atoms with van der Waals surface area (Å²) in [7, 11) is 0. The van der Waals surface area contributed by atoms with Crippen LogP contribution in [0.4, 0.5) is 13.2 Å². The molecule has 1 heterocycles. The standard InChI is InChI=1S/C12H6Cl3F3N2O/c1-5-19-10(15)8(12(16,17)18)11(21)20(5)7-4-2-3-6(13)9(7)14/h2-4H,1H3. The molecule has 9 heteroatoms. The summed E-state index contributed by atoms with van der Waals surface area (Å²) in [5, 5.41) is -0.856. The summed E-state index contributed by atoms with van der Waals surface area (Å²) in [6.07, 6.45) is -4.93. The zero-order valence-electron chi connectivity index (χ0n) is 10.3. The van der Waals surface area contributed by atoms with Crippen molar-refractivity contribution in [3.63, 3.8) is 0 Å². The predicted octanol–water partition coefficient (Wildman–Crippen LogP) is 4.52. The Morgan fingerprint density at radius 1 is 1.19 bits per heavy atom. The van der Waals surface area contributed by atoms with E-state index in [0.29, 0.717) is 0 Å². The lowest BCUT2D eigenvalue weighted by Gasteiger charge is -2.15. The van der Waals surface area contributed by atoms with Crippen LogP contribution in [0, 0.1) is 6.92 Å². The Balaban J connectivity index is 2.89. The van der Waals surface area contributed by atoms with Gasteiger partial charge in [-0.05, 0) is 19.1 Å². The van der Waals surface area contributed by atoms with Gasteiger partial charge in [0.2, 0.25) is 0 Å². The monoisotopic (exact) mass is 356 g/mol. The third-order valence-electron chi connectivity index (χ3n) is 2.66. The molecule has 0 N–H and O–H groups in total. The first kappa shape index (κ1) is 16.1. The smallest absolute Gasteiger partial charge is 0.268 e. The molecule has 0 saturated carbocycles. The molecule has 0 aliphatic heterocycles. The highest BCUT2D eigenvalue weighted by Gasteiger charge is 2.39. The van der Waals surface area contributed by atoms with Crippen LogP contribution in [0.15, 0.2) is 23.0 Å². The maximum atomic E-state index is 12.9. The minimum absolute atomic E-state index is 0.00123. The van der Waals surface area contributed by atoms with Crippen molar-refractivity contribution in [2.45, 2.75) is 13.1 Å². The molecule has 0 atom stereocenters. The highest BCUT2D eigenvalue weighted by molar-refractivity contribution is 6.43. The van der Waals surface area contributed by atoms with E-state index in [9.17, 15) is 18.0 Å². The molecule has 0 unspecified atom stereocenters. The number of nitrogens with zero attached hydrogens (tertiary/aromatic N) is 2. The molecule has 0 fully saturated rings. The largest absolute Gasteiger partial charge is 0.424 e. The van der Waals surface area contributed by atoms with E-state index < -0.39 is 22.5 Å². The van der Waals surface area contributed by atoms with Crippen molar-refractivity contribution in [1.82, 2.24) is 9.55 Å². The quantitative estimate of drug-likeness (QED) is 0.703. The molecule has 0 aliphatic carbocycles. The van der Waals surface area contributed by atoms with Crippen LogP contribution < -0.4 is 5.56 Å². The highest BCUT2D eigenvalue weighted by atomic mass is 35.5. The van der Waals surface area contributed by atoms with Crippen LogP contribution in [-0.2, 0) is 6.18 Å². The van der Waals surface area contributed by atoms with E-state index in [1.165, 1.54) is 25.1 Å². The first-order valence-corrected chi connectivity index (χ1v) is 6.58. The molecule has 0 amide bonds. The van der Waals surface area contributed by atoms with Crippen molar-refractivity contribution in [3.05, 3.63) is 55.1 Å². The minimum Gasteiger partial charge on any atom is -0.268 e. The lowest BCUT2D eigenvalue weighted by molar-refractivity contribution is -0.139. The summed E-state index contributed by atoms with van der Waals surface area (Å²) >= 11 is 17.2.